The molecule has 2 atom stereocenters. The van der Waals surface area contributed by atoms with Crippen LogP contribution < -0.4 is 5.32 Å². The zero-order valence-corrected chi connectivity index (χ0v) is 14.1. The summed E-state index contributed by atoms with van der Waals surface area (Å²) in [5.74, 6) is -1.97. The van der Waals surface area contributed by atoms with Crippen molar-refractivity contribution in [2.24, 2.45) is 0 Å². The van der Waals surface area contributed by atoms with Gasteiger partial charge in [0.05, 0.1) is 6.04 Å². The van der Waals surface area contributed by atoms with Gasteiger partial charge in [-0.15, -0.1) is 0 Å². The predicted molar refractivity (Wildman–Crippen MR) is 93.9 cm³/mol. The normalized spacial score (nSPS) is 13.3. The number of aliphatic carboxylic acids is 1. The minimum Gasteiger partial charge on any atom is -0.479 e. The molecular weight excluding hydrogens is 360 g/mol. The lowest BCUT2D eigenvalue weighted by Crippen LogP contribution is -2.48. The molecule has 26 heavy (non-hydrogen) atoms. The average molecular weight is 375 g/mol. The van der Waals surface area contributed by atoms with E-state index in [-0.39, 0.29) is 12.0 Å². The second-order valence-corrected chi connectivity index (χ2v) is 6.09. The third kappa shape index (κ3) is 3.81. The molecule has 0 fully saturated rings. The summed E-state index contributed by atoms with van der Waals surface area (Å²) in [7, 11) is 0. The lowest BCUT2D eigenvalue weighted by Gasteiger charge is -2.22. The standard InChI is InChI=1S/C17H15ClN4O4/c18-11-4-2-1-3-9(11)7-14(15(23)17(25)26)19-16(24)10-5-6-12-13(8-10)21-22-20-12/h1-6,8,14-15,23H,7H2,(H,19,24)(H,25,26)(H,20,21,22). The van der Waals surface area contributed by atoms with Crippen molar-refractivity contribution in [1.29, 1.82) is 0 Å². The van der Waals surface area contributed by atoms with Crippen molar-refractivity contribution in [2.45, 2.75) is 18.6 Å². The van der Waals surface area contributed by atoms with Crippen molar-refractivity contribution in [1.82, 2.24) is 20.7 Å². The van der Waals surface area contributed by atoms with E-state index in [1.165, 1.54) is 6.07 Å². The second kappa shape index (κ2) is 7.51. The Morgan fingerprint density at radius 1 is 1.15 bits per heavy atom. The molecule has 134 valence electrons. The Morgan fingerprint density at radius 2 is 1.88 bits per heavy atom. The van der Waals surface area contributed by atoms with Gasteiger partial charge in [0.15, 0.2) is 6.10 Å². The predicted octanol–water partition coefficient (Wildman–Crippen LogP) is 1.40. The van der Waals surface area contributed by atoms with Crippen LogP contribution in [0, 0.1) is 0 Å². The van der Waals surface area contributed by atoms with Crippen LogP contribution in [0.3, 0.4) is 0 Å². The molecule has 1 amide bonds. The highest BCUT2D eigenvalue weighted by Crippen LogP contribution is 2.18. The summed E-state index contributed by atoms with van der Waals surface area (Å²) >= 11 is 6.10. The molecule has 9 heteroatoms. The largest absolute Gasteiger partial charge is 0.479 e. The number of rotatable bonds is 6. The molecule has 2 unspecified atom stereocenters. The number of benzene rings is 2. The molecule has 0 saturated carbocycles. The number of fused-ring (bicyclic) bond motifs is 1. The maximum atomic E-state index is 12.5. The zero-order valence-electron chi connectivity index (χ0n) is 13.4. The van der Waals surface area contributed by atoms with E-state index in [2.05, 4.69) is 20.7 Å². The first-order valence-electron chi connectivity index (χ1n) is 7.71. The molecule has 1 aromatic heterocycles. The van der Waals surface area contributed by atoms with Crippen LogP contribution in [-0.4, -0.2) is 49.6 Å². The van der Waals surface area contributed by atoms with Gasteiger partial charge in [-0.2, -0.15) is 15.4 Å². The van der Waals surface area contributed by atoms with Gasteiger partial charge in [-0.05, 0) is 36.2 Å². The Bertz CT molecular complexity index is 959. The summed E-state index contributed by atoms with van der Waals surface area (Å²) in [5, 5.41) is 32.4. The number of carbonyl (C=O) groups is 2. The Kier molecular flexibility index (Phi) is 5.15. The van der Waals surface area contributed by atoms with Crippen molar-refractivity contribution in [3.63, 3.8) is 0 Å². The number of aromatic nitrogens is 3. The molecule has 3 aromatic rings. The Labute approximate surface area is 152 Å². The molecule has 8 nitrogen and oxygen atoms in total. The molecule has 2 aromatic carbocycles. The highest BCUT2D eigenvalue weighted by molar-refractivity contribution is 6.31. The van der Waals surface area contributed by atoms with Crippen LogP contribution in [0.2, 0.25) is 5.02 Å². The highest BCUT2D eigenvalue weighted by atomic mass is 35.5. The Balaban J connectivity index is 1.83. The molecule has 3 rings (SSSR count). The molecule has 0 radical (unpaired) electrons. The molecule has 0 saturated heterocycles. The van der Waals surface area contributed by atoms with Gasteiger partial charge in [-0.25, -0.2) is 4.79 Å². The number of amides is 1. The smallest absolute Gasteiger partial charge is 0.334 e. The number of nitrogens with zero attached hydrogens (tertiary/aromatic N) is 2. The molecular formula is C17H15ClN4O4. The molecule has 1 heterocycles. The number of aromatic amines is 1. The summed E-state index contributed by atoms with van der Waals surface area (Å²) in [5.41, 5.74) is 1.98. The van der Waals surface area contributed by atoms with Crippen molar-refractivity contribution in [3.8, 4) is 0 Å². The maximum absolute atomic E-state index is 12.5. The zero-order chi connectivity index (χ0) is 18.7. The third-order valence-corrected chi connectivity index (χ3v) is 4.30. The molecule has 0 bridgehead atoms. The van der Waals surface area contributed by atoms with Gasteiger partial charge in [0.2, 0.25) is 0 Å². The maximum Gasteiger partial charge on any atom is 0.334 e. The van der Waals surface area contributed by atoms with E-state index >= 15 is 0 Å². The number of nitrogens with one attached hydrogen (secondary N) is 2. The fourth-order valence-electron chi connectivity index (χ4n) is 2.55. The van der Waals surface area contributed by atoms with E-state index in [4.69, 9.17) is 16.7 Å². The lowest BCUT2D eigenvalue weighted by atomic mass is 10.0. The summed E-state index contributed by atoms with van der Waals surface area (Å²) in [4.78, 5) is 23.7. The van der Waals surface area contributed by atoms with Gasteiger partial charge in [0.25, 0.3) is 5.91 Å². The van der Waals surface area contributed by atoms with E-state index in [0.29, 0.717) is 21.6 Å². The minimum atomic E-state index is -1.79. The van der Waals surface area contributed by atoms with Crippen molar-refractivity contribution < 1.29 is 19.8 Å². The fourth-order valence-corrected chi connectivity index (χ4v) is 2.76. The molecule has 0 spiro atoms. The van der Waals surface area contributed by atoms with Crippen LogP contribution in [-0.2, 0) is 11.2 Å². The summed E-state index contributed by atoms with van der Waals surface area (Å²) in [6.07, 6.45) is -1.73. The first-order valence-corrected chi connectivity index (χ1v) is 8.09. The number of halogens is 1. The third-order valence-electron chi connectivity index (χ3n) is 3.93. The lowest BCUT2D eigenvalue weighted by molar-refractivity contribution is -0.148. The quantitative estimate of drug-likeness (QED) is 0.516. The van der Waals surface area contributed by atoms with Crippen molar-refractivity contribution in [2.75, 3.05) is 0 Å². The van der Waals surface area contributed by atoms with Crippen LogP contribution in [0.4, 0.5) is 0 Å². The Morgan fingerprint density at radius 3 is 2.62 bits per heavy atom. The molecule has 0 aliphatic heterocycles. The van der Waals surface area contributed by atoms with Crippen LogP contribution in [0.5, 0.6) is 0 Å². The number of H-pyrrole nitrogens is 1. The summed E-state index contributed by atoms with van der Waals surface area (Å²) in [6.45, 7) is 0. The fraction of sp³-hybridized carbons (Fsp3) is 0.176. The topological polar surface area (TPSA) is 128 Å². The molecule has 0 aliphatic rings. The van der Waals surface area contributed by atoms with Gasteiger partial charge < -0.3 is 15.5 Å². The van der Waals surface area contributed by atoms with Crippen LogP contribution in [0.15, 0.2) is 42.5 Å². The van der Waals surface area contributed by atoms with Gasteiger partial charge >= 0.3 is 5.97 Å². The van der Waals surface area contributed by atoms with E-state index in [0.717, 1.165) is 0 Å². The van der Waals surface area contributed by atoms with Crippen LogP contribution in [0.1, 0.15) is 15.9 Å². The number of hydrogen-bond donors (Lipinski definition) is 4. The number of carbonyl (C=O) groups excluding carboxylic acids is 1. The minimum absolute atomic E-state index is 0.0606. The molecule has 4 N–H and O–H groups in total. The van der Waals surface area contributed by atoms with Crippen LogP contribution in [0.25, 0.3) is 11.0 Å². The van der Waals surface area contributed by atoms with Gasteiger partial charge in [0.1, 0.15) is 11.0 Å². The number of carboxylic acids is 1. The molecule has 0 aliphatic carbocycles. The Hall–Kier alpha value is -2.97. The number of carboxylic acid groups (broad SMARTS) is 1. The van der Waals surface area contributed by atoms with Crippen LogP contribution >= 0.6 is 11.6 Å². The number of hydrogen-bond acceptors (Lipinski definition) is 5. The van der Waals surface area contributed by atoms with Crippen molar-refractivity contribution in [3.05, 3.63) is 58.6 Å². The monoisotopic (exact) mass is 374 g/mol. The van der Waals surface area contributed by atoms with Gasteiger partial charge in [-0.3, -0.25) is 4.79 Å². The summed E-state index contributed by atoms with van der Waals surface area (Å²) in [6, 6.07) is 10.5. The van der Waals surface area contributed by atoms with E-state index in [9.17, 15) is 14.7 Å². The number of aliphatic hydroxyl groups is 1. The SMILES string of the molecule is O=C(NC(Cc1ccccc1Cl)C(O)C(=O)O)c1ccc2n[nH]nc2c1. The highest BCUT2D eigenvalue weighted by Gasteiger charge is 2.28. The van der Waals surface area contributed by atoms with E-state index in [1.54, 1.807) is 36.4 Å². The van der Waals surface area contributed by atoms with E-state index < -0.39 is 24.0 Å². The van der Waals surface area contributed by atoms with Gasteiger partial charge in [0, 0.05) is 10.6 Å². The first-order chi connectivity index (χ1) is 12.5. The van der Waals surface area contributed by atoms with E-state index in [1.807, 2.05) is 0 Å². The van der Waals surface area contributed by atoms with Gasteiger partial charge in [-0.1, -0.05) is 29.8 Å². The first kappa shape index (κ1) is 17.8. The van der Waals surface area contributed by atoms with Crippen molar-refractivity contribution >= 4 is 34.5 Å². The summed E-state index contributed by atoms with van der Waals surface area (Å²) < 4.78 is 0. The second-order valence-electron chi connectivity index (χ2n) is 5.69. The number of aliphatic hydroxyl groups excluding tert-OH is 1. The average Bonchev–Trinajstić information content (AvgIpc) is 3.09.